The van der Waals surface area contributed by atoms with Crippen LogP contribution in [0, 0.1) is 6.92 Å². The van der Waals surface area contributed by atoms with E-state index in [9.17, 15) is 13.6 Å². The zero-order valence-corrected chi connectivity index (χ0v) is 8.36. The fourth-order valence-corrected chi connectivity index (χ4v) is 1.77. The Balaban J connectivity index is 2.96. The van der Waals surface area contributed by atoms with Gasteiger partial charge in [0, 0.05) is 4.88 Å². The Morgan fingerprint density at radius 1 is 1.57 bits per heavy atom. The first kappa shape index (κ1) is 10.9. The second-order valence-corrected chi connectivity index (χ2v) is 3.68. The van der Waals surface area contributed by atoms with Crippen LogP contribution in [-0.4, -0.2) is 19.7 Å². The number of carbonyl (C=O) groups excluding carboxylic acids is 1. The lowest BCUT2D eigenvalue weighted by molar-refractivity contribution is -0.0500. The summed E-state index contributed by atoms with van der Waals surface area (Å²) < 4.78 is 32.4. The summed E-state index contributed by atoms with van der Waals surface area (Å²) >= 11 is 1.06. The van der Waals surface area contributed by atoms with Gasteiger partial charge in [0.25, 0.3) is 0 Å². The first-order chi connectivity index (χ1) is 6.54. The molecule has 0 N–H and O–H groups in total. The van der Waals surface area contributed by atoms with Gasteiger partial charge in [0.05, 0.1) is 7.11 Å². The van der Waals surface area contributed by atoms with E-state index in [4.69, 9.17) is 0 Å². The molecule has 0 aromatic carbocycles. The van der Waals surface area contributed by atoms with Crippen LogP contribution in [0.4, 0.5) is 8.78 Å². The number of halogens is 2. The van der Waals surface area contributed by atoms with Crippen LogP contribution in [0.3, 0.4) is 0 Å². The van der Waals surface area contributed by atoms with E-state index >= 15 is 0 Å². The maximum atomic E-state index is 11.9. The Kier molecular flexibility index (Phi) is 3.40. The van der Waals surface area contributed by atoms with Crippen molar-refractivity contribution in [2.75, 3.05) is 7.11 Å². The molecule has 0 aliphatic carbocycles. The summed E-state index contributed by atoms with van der Waals surface area (Å²) in [5.41, 5.74) is 0. The number of carbonyl (C=O) groups is 1. The van der Waals surface area contributed by atoms with Crippen molar-refractivity contribution in [2.45, 2.75) is 13.5 Å². The van der Waals surface area contributed by atoms with Gasteiger partial charge in [-0.25, -0.2) is 4.79 Å². The molecule has 0 fully saturated rings. The lowest BCUT2D eigenvalue weighted by Gasteiger charge is -2.03. The van der Waals surface area contributed by atoms with Gasteiger partial charge in [-0.2, -0.15) is 8.78 Å². The van der Waals surface area contributed by atoms with Crippen LogP contribution < -0.4 is 4.74 Å². The van der Waals surface area contributed by atoms with Crippen molar-refractivity contribution in [2.24, 2.45) is 0 Å². The lowest BCUT2D eigenvalue weighted by atomic mass is 10.4. The topological polar surface area (TPSA) is 35.5 Å². The van der Waals surface area contributed by atoms with Gasteiger partial charge in [0.2, 0.25) is 0 Å². The summed E-state index contributed by atoms with van der Waals surface area (Å²) in [6, 6.07) is 1.38. The number of alkyl halides is 2. The minimum absolute atomic E-state index is 0.0605. The highest BCUT2D eigenvalue weighted by Gasteiger charge is 2.19. The van der Waals surface area contributed by atoms with Crippen molar-refractivity contribution in [3.63, 3.8) is 0 Å². The third-order valence-electron chi connectivity index (χ3n) is 1.41. The van der Waals surface area contributed by atoms with Crippen molar-refractivity contribution in [3.8, 4) is 5.75 Å². The standard InChI is InChI=1S/C8H8F2O3S/c1-4-3-5(13-8(9)10)6(14-4)7(11)12-2/h3,8H,1-2H3. The highest BCUT2D eigenvalue weighted by Crippen LogP contribution is 2.30. The highest BCUT2D eigenvalue weighted by molar-refractivity contribution is 7.14. The van der Waals surface area contributed by atoms with Crippen LogP contribution in [0.5, 0.6) is 5.75 Å². The molecule has 0 saturated heterocycles. The van der Waals surface area contributed by atoms with Crippen LogP contribution in [0.15, 0.2) is 6.07 Å². The fourth-order valence-electron chi connectivity index (χ4n) is 0.909. The van der Waals surface area contributed by atoms with Crippen molar-refractivity contribution < 1.29 is 23.0 Å². The zero-order chi connectivity index (χ0) is 10.7. The van der Waals surface area contributed by atoms with Gasteiger partial charge in [0.15, 0.2) is 10.6 Å². The molecule has 0 aliphatic heterocycles. The molecule has 0 atom stereocenters. The number of methoxy groups -OCH3 is 1. The molecular weight excluding hydrogens is 214 g/mol. The van der Waals surface area contributed by atoms with Gasteiger partial charge in [-0.3, -0.25) is 0 Å². The summed E-state index contributed by atoms with van der Waals surface area (Å²) in [6.45, 7) is -1.25. The van der Waals surface area contributed by atoms with E-state index in [1.807, 2.05) is 0 Å². The molecule has 0 aliphatic rings. The summed E-state index contributed by atoms with van der Waals surface area (Å²) in [4.78, 5) is 11.9. The lowest BCUT2D eigenvalue weighted by Crippen LogP contribution is -2.06. The highest BCUT2D eigenvalue weighted by atomic mass is 32.1. The monoisotopic (exact) mass is 222 g/mol. The van der Waals surface area contributed by atoms with Crippen molar-refractivity contribution in [3.05, 3.63) is 15.8 Å². The van der Waals surface area contributed by atoms with E-state index in [2.05, 4.69) is 9.47 Å². The maximum Gasteiger partial charge on any atom is 0.387 e. The molecule has 1 heterocycles. The third-order valence-corrected chi connectivity index (χ3v) is 2.42. The molecule has 0 unspecified atom stereocenters. The third kappa shape index (κ3) is 2.41. The van der Waals surface area contributed by atoms with Crippen LogP contribution in [-0.2, 0) is 4.74 Å². The minimum atomic E-state index is -2.94. The van der Waals surface area contributed by atoms with Crippen LogP contribution in [0.1, 0.15) is 14.5 Å². The summed E-state index contributed by atoms with van der Waals surface area (Å²) in [5.74, 6) is -0.798. The maximum absolute atomic E-state index is 11.9. The van der Waals surface area contributed by atoms with Gasteiger partial charge < -0.3 is 9.47 Å². The normalized spacial score (nSPS) is 10.4. The van der Waals surface area contributed by atoms with Gasteiger partial charge >= 0.3 is 12.6 Å². The predicted octanol–water partition coefficient (Wildman–Crippen LogP) is 2.44. The average molecular weight is 222 g/mol. The number of ether oxygens (including phenoxy) is 2. The first-order valence-electron chi connectivity index (χ1n) is 3.68. The summed E-state index contributed by atoms with van der Waals surface area (Å²) in [7, 11) is 1.18. The quantitative estimate of drug-likeness (QED) is 0.737. The Morgan fingerprint density at radius 3 is 2.71 bits per heavy atom. The predicted molar refractivity (Wildman–Crippen MR) is 47.0 cm³/mol. The molecule has 0 spiro atoms. The zero-order valence-electron chi connectivity index (χ0n) is 7.54. The van der Waals surface area contributed by atoms with E-state index in [0.717, 1.165) is 11.3 Å². The molecule has 1 aromatic heterocycles. The largest absolute Gasteiger partial charge is 0.465 e. The Morgan fingerprint density at radius 2 is 2.21 bits per heavy atom. The summed E-state index contributed by atoms with van der Waals surface area (Å²) in [5, 5.41) is 0. The van der Waals surface area contributed by atoms with Crippen molar-refractivity contribution >= 4 is 17.3 Å². The van der Waals surface area contributed by atoms with Gasteiger partial charge in [0.1, 0.15) is 0 Å². The van der Waals surface area contributed by atoms with Crippen LogP contribution in [0.2, 0.25) is 0 Å². The number of rotatable bonds is 3. The Hall–Kier alpha value is -1.17. The SMILES string of the molecule is COC(=O)c1sc(C)cc1OC(F)F. The van der Waals surface area contributed by atoms with Crippen molar-refractivity contribution in [1.82, 2.24) is 0 Å². The number of esters is 1. The Labute approximate surface area is 83.3 Å². The molecule has 78 valence electrons. The number of hydrogen-bond acceptors (Lipinski definition) is 4. The minimum Gasteiger partial charge on any atom is -0.465 e. The molecule has 3 nitrogen and oxygen atoms in total. The van der Waals surface area contributed by atoms with E-state index in [0.29, 0.717) is 4.88 Å². The van der Waals surface area contributed by atoms with Gasteiger partial charge in [-0.05, 0) is 13.0 Å². The number of hydrogen-bond donors (Lipinski definition) is 0. The molecule has 6 heteroatoms. The van der Waals surface area contributed by atoms with Crippen LogP contribution >= 0.6 is 11.3 Å². The second kappa shape index (κ2) is 4.36. The molecular formula is C8H8F2O3S. The molecule has 1 rings (SSSR count). The number of thiophene rings is 1. The smallest absolute Gasteiger partial charge is 0.387 e. The van der Waals surface area contributed by atoms with E-state index in [1.165, 1.54) is 13.2 Å². The molecule has 0 radical (unpaired) electrons. The molecule has 0 bridgehead atoms. The molecule has 1 aromatic rings. The number of aryl methyl sites for hydroxylation is 1. The van der Waals surface area contributed by atoms with Crippen LogP contribution in [0.25, 0.3) is 0 Å². The first-order valence-corrected chi connectivity index (χ1v) is 4.49. The average Bonchev–Trinajstić information content (AvgIpc) is 2.44. The van der Waals surface area contributed by atoms with Crippen molar-refractivity contribution in [1.29, 1.82) is 0 Å². The van der Waals surface area contributed by atoms with Gasteiger partial charge in [-0.1, -0.05) is 0 Å². The van der Waals surface area contributed by atoms with E-state index < -0.39 is 12.6 Å². The van der Waals surface area contributed by atoms with E-state index in [1.54, 1.807) is 6.92 Å². The summed E-state index contributed by atoms with van der Waals surface area (Å²) in [6.07, 6.45) is 0. The molecule has 0 saturated carbocycles. The second-order valence-electron chi connectivity index (χ2n) is 2.42. The van der Waals surface area contributed by atoms with E-state index in [-0.39, 0.29) is 10.6 Å². The molecule has 0 amide bonds. The van der Waals surface area contributed by atoms with Gasteiger partial charge in [-0.15, -0.1) is 11.3 Å². The Bertz CT molecular complexity index is 335. The fraction of sp³-hybridized carbons (Fsp3) is 0.375. The molecule has 14 heavy (non-hydrogen) atoms.